The highest BCUT2D eigenvalue weighted by atomic mass is 35.5. The summed E-state index contributed by atoms with van der Waals surface area (Å²) in [6.07, 6.45) is 0.429. The third kappa shape index (κ3) is 3.81. The maximum Gasteiger partial charge on any atom is 0.325 e. The second-order valence-corrected chi connectivity index (χ2v) is 8.66. The lowest BCUT2D eigenvalue weighted by molar-refractivity contribution is -0.122. The van der Waals surface area contributed by atoms with Crippen LogP contribution in [0.3, 0.4) is 0 Å². The van der Waals surface area contributed by atoms with Gasteiger partial charge in [0.2, 0.25) is 5.91 Å². The van der Waals surface area contributed by atoms with Gasteiger partial charge in [-0.25, -0.2) is 13.2 Å². The minimum atomic E-state index is -3.04. The zero-order valence-electron chi connectivity index (χ0n) is 12.9. The van der Waals surface area contributed by atoms with Crippen LogP contribution in [0.2, 0.25) is 5.02 Å². The lowest BCUT2D eigenvalue weighted by Crippen LogP contribution is -2.44. The lowest BCUT2D eigenvalue weighted by atomic mass is 10.2. The number of nitrogens with zero attached hydrogens (tertiary/aromatic N) is 2. The Labute approximate surface area is 145 Å². The molecular formula is C15H18ClN3O4S. The predicted molar refractivity (Wildman–Crippen MR) is 91.0 cm³/mol. The molecule has 2 aliphatic rings. The molecule has 1 aromatic carbocycles. The number of hydrogen-bond donors (Lipinski definition) is 1. The average Bonchev–Trinajstić information content (AvgIpc) is 3.03. The van der Waals surface area contributed by atoms with Crippen LogP contribution in [0.4, 0.5) is 10.5 Å². The highest BCUT2D eigenvalue weighted by Gasteiger charge is 2.33. The normalized spacial score (nSPS) is 22.9. The van der Waals surface area contributed by atoms with Crippen LogP contribution in [0.25, 0.3) is 0 Å². The summed E-state index contributed by atoms with van der Waals surface area (Å²) >= 11 is 5.84. The number of urea groups is 1. The van der Waals surface area contributed by atoms with E-state index in [-0.39, 0.29) is 36.0 Å². The Morgan fingerprint density at radius 3 is 2.58 bits per heavy atom. The fourth-order valence-corrected chi connectivity index (χ4v) is 4.74. The molecule has 0 bridgehead atoms. The summed E-state index contributed by atoms with van der Waals surface area (Å²) in [5, 5.41) is 3.29. The van der Waals surface area contributed by atoms with Crippen LogP contribution < -0.4 is 10.2 Å². The number of rotatable bonds is 4. The smallest absolute Gasteiger partial charge is 0.325 e. The lowest BCUT2D eigenvalue weighted by Gasteiger charge is -2.19. The van der Waals surface area contributed by atoms with Crippen molar-refractivity contribution < 1.29 is 18.0 Å². The van der Waals surface area contributed by atoms with Gasteiger partial charge in [0.25, 0.3) is 0 Å². The molecule has 1 aromatic rings. The van der Waals surface area contributed by atoms with Gasteiger partial charge in [-0.1, -0.05) is 11.6 Å². The van der Waals surface area contributed by atoms with Gasteiger partial charge in [-0.15, -0.1) is 0 Å². The molecular weight excluding hydrogens is 354 g/mol. The van der Waals surface area contributed by atoms with Gasteiger partial charge in [0.05, 0.1) is 11.5 Å². The van der Waals surface area contributed by atoms with Gasteiger partial charge in [0.1, 0.15) is 6.54 Å². The van der Waals surface area contributed by atoms with Crippen LogP contribution in [-0.4, -0.2) is 62.4 Å². The van der Waals surface area contributed by atoms with Crippen molar-refractivity contribution in [3.05, 3.63) is 29.3 Å². The Morgan fingerprint density at radius 1 is 1.25 bits per heavy atom. The Bertz CT molecular complexity index is 750. The monoisotopic (exact) mass is 371 g/mol. The second kappa shape index (κ2) is 6.60. The van der Waals surface area contributed by atoms with Crippen molar-refractivity contribution in [1.82, 2.24) is 10.2 Å². The standard InChI is InChI=1S/C15H18ClN3O4S/c16-11-1-3-13(4-2-11)19-7-6-18(15(19)21)9-14(20)17-12-5-8-24(22,23)10-12/h1-4,12H,5-10H2,(H,17,20). The number of nitrogens with one attached hydrogen (secondary N) is 1. The number of sulfone groups is 1. The first kappa shape index (κ1) is 17.0. The molecule has 24 heavy (non-hydrogen) atoms. The Balaban J connectivity index is 1.56. The molecule has 9 heteroatoms. The van der Waals surface area contributed by atoms with Crippen LogP contribution in [0, 0.1) is 0 Å². The molecule has 7 nitrogen and oxygen atoms in total. The van der Waals surface area contributed by atoms with E-state index in [1.165, 1.54) is 4.90 Å². The van der Waals surface area contributed by atoms with Crippen molar-refractivity contribution >= 4 is 39.1 Å². The van der Waals surface area contributed by atoms with Crippen molar-refractivity contribution in [2.45, 2.75) is 12.5 Å². The number of amides is 3. The van der Waals surface area contributed by atoms with E-state index in [9.17, 15) is 18.0 Å². The minimum absolute atomic E-state index is 0.0242. The van der Waals surface area contributed by atoms with Crippen molar-refractivity contribution in [3.8, 4) is 0 Å². The number of halogens is 1. The minimum Gasteiger partial charge on any atom is -0.351 e. The van der Waals surface area contributed by atoms with Crippen molar-refractivity contribution in [2.24, 2.45) is 0 Å². The van der Waals surface area contributed by atoms with E-state index in [1.54, 1.807) is 29.2 Å². The van der Waals surface area contributed by atoms with Crippen LogP contribution in [-0.2, 0) is 14.6 Å². The quantitative estimate of drug-likeness (QED) is 0.851. The third-order valence-corrected chi connectivity index (χ3v) is 6.19. The highest BCUT2D eigenvalue weighted by Crippen LogP contribution is 2.22. The summed E-state index contributed by atoms with van der Waals surface area (Å²) in [5.41, 5.74) is 0.731. The molecule has 130 valence electrons. The summed E-state index contributed by atoms with van der Waals surface area (Å²) in [5.74, 6) is -0.252. The van der Waals surface area contributed by atoms with Crippen LogP contribution in [0.1, 0.15) is 6.42 Å². The van der Waals surface area contributed by atoms with E-state index < -0.39 is 9.84 Å². The van der Waals surface area contributed by atoms with Crippen LogP contribution >= 0.6 is 11.6 Å². The molecule has 0 spiro atoms. The molecule has 1 atom stereocenters. The maximum atomic E-state index is 12.4. The summed E-state index contributed by atoms with van der Waals surface area (Å²) in [6.45, 7) is 0.864. The second-order valence-electron chi connectivity index (χ2n) is 6.00. The molecule has 2 saturated heterocycles. The van der Waals surface area contributed by atoms with Crippen LogP contribution in [0.15, 0.2) is 24.3 Å². The summed E-state index contributed by atoms with van der Waals surface area (Å²) in [4.78, 5) is 27.5. The number of carbonyl (C=O) groups is 2. The molecule has 0 aromatic heterocycles. The van der Waals surface area contributed by atoms with E-state index in [2.05, 4.69) is 5.32 Å². The first-order valence-corrected chi connectivity index (χ1v) is 9.86. The highest BCUT2D eigenvalue weighted by molar-refractivity contribution is 7.91. The fraction of sp³-hybridized carbons (Fsp3) is 0.467. The van der Waals surface area contributed by atoms with Gasteiger partial charge in [0.15, 0.2) is 9.84 Å². The van der Waals surface area contributed by atoms with Crippen LogP contribution in [0.5, 0.6) is 0 Å². The van der Waals surface area contributed by atoms with E-state index in [4.69, 9.17) is 11.6 Å². The van der Waals surface area contributed by atoms with Gasteiger partial charge in [-0.2, -0.15) is 0 Å². The van der Waals surface area contributed by atoms with Gasteiger partial charge < -0.3 is 10.2 Å². The molecule has 2 aliphatic heterocycles. The van der Waals surface area contributed by atoms with Crippen molar-refractivity contribution in [3.63, 3.8) is 0 Å². The van der Waals surface area contributed by atoms with Crippen molar-refractivity contribution in [2.75, 3.05) is 36.0 Å². The predicted octanol–water partition coefficient (Wildman–Crippen LogP) is 0.885. The Kier molecular flexibility index (Phi) is 4.69. The molecule has 0 radical (unpaired) electrons. The number of anilines is 1. The first-order chi connectivity index (χ1) is 11.3. The molecule has 1 N–H and O–H groups in total. The largest absolute Gasteiger partial charge is 0.351 e. The maximum absolute atomic E-state index is 12.4. The molecule has 0 saturated carbocycles. The van der Waals surface area contributed by atoms with E-state index in [1.807, 2.05) is 0 Å². The van der Waals surface area contributed by atoms with Gasteiger partial charge in [-0.3, -0.25) is 9.69 Å². The molecule has 2 fully saturated rings. The van der Waals surface area contributed by atoms with E-state index in [0.29, 0.717) is 24.5 Å². The topological polar surface area (TPSA) is 86.8 Å². The number of hydrogen-bond acceptors (Lipinski definition) is 4. The van der Waals surface area contributed by atoms with Gasteiger partial charge in [0, 0.05) is 29.8 Å². The molecule has 0 aliphatic carbocycles. The molecule has 3 rings (SSSR count). The molecule has 3 amide bonds. The van der Waals surface area contributed by atoms with E-state index >= 15 is 0 Å². The van der Waals surface area contributed by atoms with Crippen molar-refractivity contribution in [1.29, 1.82) is 0 Å². The average molecular weight is 372 g/mol. The zero-order chi connectivity index (χ0) is 17.3. The Morgan fingerprint density at radius 2 is 1.96 bits per heavy atom. The molecule has 1 unspecified atom stereocenters. The summed E-state index contributed by atoms with van der Waals surface area (Å²) < 4.78 is 22.8. The fourth-order valence-electron chi connectivity index (χ4n) is 2.95. The van der Waals surface area contributed by atoms with Gasteiger partial charge in [-0.05, 0) is 30.7 Å². The Hall–Kier alpha value is -1.80. The third-order valence-electron chi connectivity index (χ3n) is 4.17. The van der Waals surface area contributed by atoms with Gasteiger partial charge >= 0.3 is 6.03 Å². The number of carbonyl (C=O) groups excluding carboxylic acids is 2. The first-order valence-electron chi connectivity index (χ1n) is 7.66. The van der Waals surface area contributed by atoms with E-state index in [0.717, 1.165) is 5.69 Å². The number of benzene rings is 1. The zero-order valence-corrected chi connectivity index (χ0v) is 14.5. The summed E-state index contributed by atoms with van der Waals surface area (Å²) in [6, 6.07) is 6.33. The summed E-state index contributed by atoms with van der Waals surface area (Å²) in [7, 11) is -3.04. The SMILES string of the molecule is O=C(CN1CCN(c2ccc(Cl)cc2)C1=O)NC1CCS(=O)(=O)C1. The molecule has 2 heterocycles.